The Kier molecular flexibility index (Phi) is 9.85. The van der Waals surface area contributed by atoms with Gasteiger partial charge in [-0.15, -0.1) is 0 Å². The Morgan fingerprint density at radius 3 is 2.18 bits per heavy atom. The lowest BCUT2D eigenvalue weighted by Gasteiger charge is -2.28. The second-order valence-electron chi connectivity index (χ2n) is 5.70. The summed E-state index contributed by atoms with van der Waals surface area (Å²) in [7, 11) is 0. The van der Waals surface area contributed by atoms with E-state index in [1.807, 2.05) is 0 Å². The van der Waals surface area contributed by atoms with Crippen LogP contribution in [0, 0.1) is 5.41 Å². The van der Waals surface area contributed by atoms with E-state index in [-0.39, 0.29) is 6.61 Å². The second-order valence-corrected chi connectivity index (χ2v) is 5.70. The average molecular weight is 244 g/mol. The minimum absolute atomic E-state index is 0.0979. The maximum atomic E-state index is 9.32. The first kappa shape index (κ1) is 16.9. The van der Waals surface area contributed by atoms with Crippen LogP contribution >= 0.6 is 0 Å². The van der Waals surface area contributed by atoms with Crippen molar-refractivity contribution in [3.05, 3.63) is 0 Å². The van der Waals surface area contributed by atoms with E-state index in [0.29, 0.717) is 5.41 Å². The van der Waals surface area contributed by atoms with E-state index in [9.17, 15) is 5.11 Å². The van der Waals surface area contributed by atoms with Crippen LogP contribution in [-0.2, 0) is 0 Å². The molecule has 0 spiro atoms. The first-order valence-corrected chi connectivity index (χ1v) is 7.37. The van der Waals surface area contributed by atoms with Crippen LogP contribution < -0.4 is 0 Å². The fourth-order valence-electron chi connectivity index (χ4n) is 2.31. The molecule has 0 aromatic rings. The van der Waals surface area contributed by atoms with Gasteiger partial charge in [0.1, 0.15) is 0 Å². The Hall–Kier alpha value is -0.0800. The molecule has 1 unspecified atom stereocenters. The van der Waals surface area contributed by atoms with Gasteiger partial charge < -0.3 is 10.2 Å². The molecule has 0 rings (SSSR count). The van der Waals surface area contributed by atoms with Gasteiger partial charge in [0.25, 0.3) is 0 Å². The predicted molar refractivity (Wildman–Crippen MR) is 74.1 cm³/mol. The van der Waals surface area contributed by atoms with Crippen LogP contribution in [0.25, 0.3) is 0 Å². The van der Waals surface area contributed by atoms with Crippen LogP contribution in [0.4, 0.5) is 0 Å². The quantitative estimate of drug-likeness (QED) is 0.541. The fraction of sp³-hybridized carbons (Fsp3) is 1.00. The van der Waals surface area contributed by atoms with Crippen molar-refractivity contribution in [3.63, 3.8) is 0 Å². The van der Waals surface area contributed by atoms with Crippen molar-refractivity contribution in [2.45, 2.75) is 84.7 Å². The summed E-state index contributed by atoms with van der Waals surface area (Å²) in [5.74, 6) is 0. The van der Waals surface area contributed by atoms with Gasteiger partial charge in [-0.25, -0.2) is 0 Å². The lowest BCUT2D eigenvalue weighted by molar-refractivity contribution is 0.0818. The van der Waals surface area contributed by atoms with Gasteiger partial charge in [0, 0.05) is 0 Å². The maximum absolute atomic E-state index is 9.32. The highest BCUT2D eigenvalue weighted by Gasteiger charge is 2.21. The smallest absolute Gasteiger partial charge is 0.0770 e. The normalized spacial score (nSPS) is 16.8. The van der Waals surface area contributed by atoms with Crippen LogP contribution in [-0.4, -0.2) is 22.9 Å². The number of aliphatic hydroxyl groups excluding tert-OH is 2. The standard InChI is InChI=1S/C15H32O2/c1-4-6-7-8-11-15(3,5-2)12-9-10-14(17)13-16/h14,16-17H,4-13H2,1-3H3/t14-,15?/m0/s1. The van der Waals surface area contributed by atoms with Gasteiger partial charge in [-0.2, -0.15) is 0 Å². The van der Waals surface area contributed by atoms with Crippen LogP contribution in [0.2, 0.25) is 0 Å². The SMILES string of the molecule is CCCCCCC(C)(CC)CCC[C@H](O)CO. The first-order chi connectivity index (χ1) is 8.08. The molecule has 0 aliphatic heterocycles. The van der Waals surface area contributed by atoms with Gasteiger partial charge in [-0.05, 0) is 24.7 Å². The summed E-state index contributed by atoms with van der Waals surface area (Å²) < 4.78 is 0. The van der Waals surface area contributed by atoms with Crippen LogP contribution in [0.3, 0.4) is 0 Å². The van der Waals surface area contributed by atoms with Gasteiger partial charge in [-0.1, -0.05) is 59.3 Å². The number of rotatable bonds is 11. The summed E-state index contributed by atoms with van der Waals surface area (Å²) in [5, 5.41) is 18.1. The van der Waals surface area contributed by atoms with E-state index >= 15 is 0 Å². The average Bonchev–Trinajstić information content (AvgIpc) is 2.34. The Bertz CT molecular complexity index is 170. The van der Waals surface area contributed by atoms with Crippen molar-refractivity contribution < 1.29 is 10.2 Å². The molecule has 0 amide bonds. The molecule has 0 saturated heterocycles. The molecule has 0 heterocycles. The Balaban J connectivity index is 3.76. The van der Waals surface area contributed by atoms with E-state index in [2.05, 4.69) is 20.8 Å². The summed E-state index contributed by atoms with van der Waals surface area (Å²) in [6.45, 7) is 6.78. The van der Waals surface area contributed by atoms with Crippen molar-refractivity contribution in [2.24, 2.45) is 5.41 Å². The molecule has 0 saturated carbocycles. The molecule has 2 atom stereocenters. The summed E-state index contributed by atoms with van der Waals surface area (Å²) in [5.41, 5.74) is 0.433. The lowest BCUT2D eigenvalue weighted by atomic mass is 9.77. The van der Waals surface area contributed by atoms with Gasteiger partial charge in [0.2, 0.25) is 0 Å². The third-order valence-electron chi connectivity index (χ3n) is 4.02. The topological polar surface area (TPSA) is 40.5 Å². The van der Waals surface area contributed by atoms with Gasteiger partial charge in [-0.3, -0.25) is 0 Å². The highest BCUT2D eigenvalue weighted by atomic mass is 16.3. The zero-order chi connectivity index (χ0) is 13.1. The molecular weight excluding hydrogens is 212 g/mol. The van der Waals surface area contributed by atoms with E-state index in [0.717, 1.165) is 12.8 Å². The van der Waals surface area contributed by atoms with Gasteiger partial charge in [0.15, 0.2) is 0 Å². The van der Waals surface area contributed by atoms with Crippen LogP contribution in [0.15, 0.2) is 0 Å². The van der Waals surface area contributed by atoms with Crippen LogP contribution in [0.5, 0.6) is 0 Å². The molecule has 2 nitrogen and oxygen atoms in total. The summed E-state index contributed by atoms with van der Waals surface area (Å²) in [4.78, 5) is 0. The minimum atomic E-state index is -0.517. The summed E-state index contributed by atoms with van der Waals surface area (Å²) >= 11 is 0. The van der Waals surface area contributed by atoms with Crippen LogP contribution in [0.1, 0.15) is 78.6 Å². The molecule has 0 aromatic heterocycles. The zero-order valence-corrected chi connectivity index (χ0v) is 12.0. The number of unbranched alkanes of at least 4 members (excludes halogenated alkanes) is 3. The van der Waals surface area contributed by atoms with Crippen molar-refractivity contribution in [3.8, 4) is 0 Å². The largest absolute Gasteiger partial charge is 0.394 e. The van der Waals surface area contributed by atoms with Crippen molar-refractivity contribution in [2.75, 3.05) is 6.61 Å². The highest BCUT2D eigenvalue weighted by Crippen LogP contribution is 2.34. The first-order valence-electron chi connectivity index (χ1n) is 7.37. The Morgan fingerprint density at radius 1 is 1.00 bits per heavy atom. The summed E-state index contributed by atoms with van der Waals surface area (Å²) in [6.07, 6.45) is 10.3. The second kappa shape index (κ2) is 9.90. The molecule has 17 heavy (non-hydrogen) atoms. The highest BCUT2D eigenvalue weighted by molar-refractivity contribution is 4.73. The van der Waals surface area contributed by atoms with Gasteiger partial charge >= 0.3 is 0 Å². The molecule has 0 fully saturated rings. The zero-order valence-electron chi connectivity index (χ0n) is 12.0. The van der Waals surface area contributed by atoms with E-state index in [1.165, 1.54) is 44.9 Å². The van der Waals surface area contributed by atoms with E-state index in [4.69, 9.17) is 5.11 Å². The molecule has 0 aliphatic carbocycles. The third-order valence-corrected chi connectivity index (χ3v) is 4.02. The van der Waals surface area contributed by atoms with E-state index < -0.39 is 6.10 Å². The summed E-state index contributed by atoms with van der Waals surface area (Å²) in [6, 6.07) is 0. The molecular formula is C15H32O2. The molecule has 0 aliphatic rings. The number of hydrogen-bond donors (Lipinski definition) is 2. The van der Waals surface area contributed by atoms with E-state index in [1.54, 1.807) is 0 Å². The molecule has 0 bridgehead atoms. The molecule has 2 heteroatoms. The Labute approximate surface area is 107 Å². The fourth-order valence-corrected chi connectivity index (χ4v) is 2.31. The van der Waals surface area contributed by atoms with Crippen molar-refractivity contribution in [1.82, 2.24) is 0 Å². The number of aliphatic hydroxyl groups is 2. The third kappa shape index (κ3) is 8.62. The maximum Gasteiger partial charge on any atom is 0.0770 e. The lowest BCUT2D eigenvalue weighted by Crippen LogP contribution is -2.17. The molecule has 104 valence electrons. The van der Waals surface area contributed by atoms with Crippen molar-refractivity contribution in [1.29, 1.82) is 0 Å². The predicted octanol–water partition coefficient (Wildman–Crippen LogP) is 3.90. The van der Waals surface area contributed by atoms with Gasteiger partial charge in [0.05, 0.1) is 12.7 Å². The molecule has 0 aromatic carbocycles. The van der Waals surface area contributed by atoms with Crippen molar-refractivity contribution >= 4 is 0 Å². The Morgan fingerprint density at radius 2 is 1.65 bits per heavy atom. The molecule has 2 N–H and O–H groups in total. The minimum Gasteiger partial charge on any atom is -0.394 e. The molecule has 0 radical (unpaired) electrons. The number of hydrogen-bond acceptors (Lipinski definition) is 2. The monoisotopic (exact) mass is 244 g/mol.